The van der Waals surface area contributed by atoms with Gasteiger partial charge in [-0.15, -0.1) is 0 Å². The first-order valence-corrected chi connectivity index (χ1v) is 7.92. The van der Waals surface area contributed by atoms with Crippen molar-refractivity contribution in [3.63, 3.8) is 0 Å². The van der Waals surface area contributed by atoms with Gasteiger partial charge in [0.25, 0.3) is 5.91 Å². The molecule has 2 aromatic carbocycles. The van der Waals surface area contributed by atoms with Crippen molar-refractivity contribution in [3.8, 4) is 0 Å². The molecule has 3 rings (SSSR count). The fourth-order valence-corrected chi connectivity index (χ4v) is 2.75. The lowest BCUT2D eigenvalue weighted by Gasteiger charge is -2.08. The Balaban J connectivity index is 1.68. The maximum Gasteiger partial charge on any atom is 0.256 e. The molecule has 0 atom stereocenters. The van der Waals surface area contributed by atoms with Crippen molar-refractivity contribution in [2.24, 2.45) is 0 Å². The highest BCUT2D eigenvalue weighted by molar-refractivity contribution is 14.1. The van der Waals surface area contributed by atoms with E-state index in [0.717, 1.165) is 21.4 Å². The van der Waals surface area contributed by atoms with Crippen molar-refractivity contribution in [1.82, 2.24) is 9.78 Å². The van der Waals surface area contributed by atoms with Gasteiger partial charge in [0.1, 0.15) is 0 Å². The van der Waals surface area contributed by atoms with E-state index in [1.165, 1.54) is 0 Å². The number of nitrogens with one attached hydrogen (secondary N) is 1. The zero-order chi connectivity index (χ0) is 15.4. The summed E-state index contributed by atoms with van der Waals surface area (Å²) < 4.78 is 2.80. The molecule has 0 aliphatic carbocycles. The molecule has 0 saturated carbocycles. The molecule has 5 heteroatoms. The molecule has 110 valence electrons. The molecule has 3 aromatic rings. The van der Waals surface area contributed by atoms with E-state index in [0.29, 0.717) is 5.56 Å². The van der Waals surface area contributed by atoms with Crippen LogP contribution in [0.15, 0.2) is 67.0 Å². The molecular weight excluding hydrogens is 389 g/mol. The molecule has 0 bridgehead atoms. The molecule has 4 nitrogen and oxygen atoms in total. The molecule has 0 radical (unpaired) electrons. The fraction of sp³-hybridized carbons (Fsp3) is 0.0588. The van der Waals surface area contributed by atoms with Crippen molar-refractivity contribution < 1.29 is 4.79 Å². The summed E-state index contributed by atoms with van der Waals surface area (Å²) in [5.41, 5.74) is 2.61. The normalized spacial score (nSPS) is 10.4. The minimum atomic E-state index is -0.0928. The second-order valence-electron chi connectivity index (χ2n) is 4.83. The Bertz CT molecular complexity index is 767. The Hall–Kier alpha value is -2.15. The topological polar surface area (TPSA) is 46.9 Å². The molecule has 0 aliphatic heterocycles. The van der Waals surface area contributed by atoms with E-state index in [-0.39, 0.29) is 5.91 Å². The van der Waals surface area contributed by atoms with Crippen LogP contribution in [-0.4, -0.2) is 15.7 Å². The number of hydrogen-bond acceptors (Lipinski definition) is 2. The van der Waals surface area contributed by atoms with Crippen LogP contribution in [-0.2, 0) is 6.54 Å². The fourth-order valence-electron chi connectivity index (χ4n) is 2.12. The van der Waals surface area contributed by atoms with E-state index < -0.39 is 0 Å². The van der Waals surface area contributed by atoms with Crippen LogP contribution in [0.25, 0.3) is 0 Å². The number of hydrogen-bond donors (Lipinski definition) is 1. The molecule has 0 saturated heterocycles. The average Bonchev–Trinajstić information content (AvgIpc) is 3.02. The zero-order valence-electron chi connectivity index (χ0n) is 11.7. The quantitative estimate of drug-likeness (QED) is 0.674. The number of nitrogens with zero attached hydrogens (tertiary/aromatic N) is 2. The van der Waals surface area contributed by atoms with Gasteiger partial charge in [-0.25, -0.2) is 0 Å². The first kappa shape index (κ1) is 14.8. The van der Waals surface area contributed by atoms with Gasteiger partial charge in [0.05, 0.1) is 12.1 Å². The van der Waals surface area contributed by atoms with Crippen molar-refractivity contribution in [1.29, 1.82) is 0 Å². The van der Waals surface area contributed by atoms with E-state index in [1.807, 2.05) is 65.5 Å². The van der Waals surface area contributed by atoms with Crippen LogP contribution in [0.2, 0.25) is 0 Å². The zero-order valence-corrected chi connectivity index (χ0v) is 13.9. The highest BCUT2D eigenvalue weighted by Gasteiger charge is 2.09. The lowest BCUT2D eigenvalue weighted by Crippen LogP contribution is -2.13. The lowest BCUT2D eigenvalue weighted by atomic mass is 10.2. The molecule has 0 unspecified atom stereocenters. The number of carbonyl (C=O) groups is 1. The van der Waals surface area contributed by atoms with Crippen molar-refractivity contribution in [3.05, 3.63) is 81.7 Å². The minimum Gasteiger partial charge on any atom is -0.322 e. The second kappa shape index (κ2) is 6.74. The Labute approximate surface area is 142 Å². The van der Waals surface area contributed by atoms with Gasteiger partial charge in [0.15, 0.2) is 0 Å². The summed E-state index contributed by atoms with van der Waals surface area (Å²) in [6, 6.07) is 17.2. The maximum absolute atomic E-state index is 12.2. The Kier molecular flexibility index (Phi) is 4.53. The van der Waals surface area contributed by atoms with E-state index in [9.17, 15) is 4.79 Å². The maximum atomic E-state index is 12.2. The summed E-state index contributed by atoms with van der Waals surface area (Å²) >= 11 is 2.16. The van der Waals surface area contributed by atoms with Crippen molar-refractivity contribution >= 4 is 34.2 Å². The predicted molar refractivity (Wildman–Crippen MR) is 94.9 cm³/mol. The summed E-state index contributed by atoms with van der Waals surface area (Å²) in [5, 5.41) is 7.10. The van der Waals surface area contributed by atoms with Crippen LogP contribution >= 0.6 is 22.6 Å². The molecule has 0 spiro atoms. The third-order valence-corrected chi connectivity index (χ3v) is 4.17. The number of aromatic nitrogens is 2. The van der Waals surface area contributed by atoms with Crippen LogP contribution in [0.3, 0.4) is 0 Å². The van der Waals surface area contributed by atoms with Gasteiger partial charge < -0.3 is 5.32 Å². The summed E-state index contributed by atoms with van der Waals surface area (Å²) in [4.78, 5) is 12.2. The Morgan fingerprint density at radius 1 is 1.09 bits per heavy atom. The third kappa shape index (κ3) is 3.54. The number of amides is 1. The molecule has 22 heavy (non-hydrogen) atoms. The van der Waals surface area contributed by atoms with Gasteiger partial charge in [-0.3, -0.25) is 9.48 Å². The standard InChI is InChI=1S/C17H14IN3O/c18-16-5-2-1-4-15(16)17(22)20-14-8-6-13(7-9-14)12-21-11-3-10-19-21/h1-11H,12H2,(H,20,22). The van der Waals surface area contributed by atoms with E-state index in [1.54, 1.807) is 6.20 Å². The third-order valence-electron chi connectivity index (χ3n) is 3.23. The van der Waals surface area contributed by atoms with E-state index in [2.05, 4.69) is 33.0 Å². The summed E-state index contributed by atoms with van der Waals surface area (Å²) in [6.45, 7) is 0.720. The van der Waals surface area contributed by atoms with Crippen LogP contribution in [0.1, 0.15) is 15.9 Å². The predicted octanol–water partition coefficient (Wildman–Crippen LogP) is 3.79. The van der Waals surface area contributed by atoms with Crippen LogP contribution in [0.5, 0.6) is 0 Å². The highest BCUT2D eigenvalue weighted by atomic mass is 127. The summed E-state index contributed by atoms with van der Waals surface area (Å²) in [7, 11) is 0. The van der Waals surface area contributed by atoms with Crippen LogP contribution < -0.4 is 5.32 Å². The van der Waals surface area contributed by atoms with Crippen LogP contribution in [0, 0.1) is 3.57 Å². The van der Waals surface area contributed by atoms with Gasteiger partial charge in [0, 0.05) is 21.7 Å². The summed E-state index contributed by atoms with van der Waals surface area (Å²) in [5.74, 6) is -0.0928. The van der Waals surface area contributed by atoms with Crippen molar-refractivity contribution in [2.75, 3.05) is 5.32 Å². The number of halogens is 1. The lowest BCUT2D eigenvalue weighted by molar-refractivity contribution is 0.102. The smallest absolute Gasteiger partial charge is 0.256 e. The number of benzene rings is 2. The van der Waals surface area contributed by atoms with Gasteiger partial charge >= 0.3 is 0 Å². The number of anilines is 1. The van der Waals surface area contributed by atoms with Crippen LogP contribution in [0.4, 0.5) is 5.69 Å². The van der Waals surface area contributed by atoms with E-state index in [4.69, 9.17) is 0 Å². The Morgan fingerprint density at radius 3 is 2.55 bits per heavy atom. The second-order valence-corrected chi connectivity index (χ2v) is 6.00. The SMILES string of the molecule is O=C(Nc1ccc(Cn2cccn2)cc1)c1ccccc1I. The Morgan fingerprint density at radius 2 is 1.86 bits per heavy atom. The first-order chi connectivity index (χ1) is 10.7. The van der Waals surface area contributed by atoms with Gasteiger partial charge in [-0.2, -0.15) is 5.10 Å². The monoisotopic (exact) mass is 403 g/mol. The van der Waals surface area contributed by atoms with Gasteiger partial charge in [0.2, 0.25) is 0 Å². The van der Waals surface area contributed by atoms with Gasteiger partial charge in [-0.1, -0.05) is 24.3 Å². The minimum absolute atomic E-state index is 0.0928. The molecule has 1 amide bonds. The molecule has 1 heterocycles. The first-order valence-electron chi connectivity index (χ1n) is 6.84. The number of rotatable bonds is 4. The van der Waals surface area contributed by atoms with E-state index >= 15 is 0 Å². The molecule has 0 fully saturated rings. The average molecular weight is 403 g/mol. The largest absolute Gasteiger partial charge is 0.322 e. The highest BCUT2D eigenvalue weighted by Crippen LogP contribution is 2.15. The molecule has 0 aliphatic rings. The van der Waals surface area contributed by atoms with Crippen molar-refractivity contribution in [2.45, 2.75) is 6.54 Å². The summed E-state index contributed by atoms with van der Waals surface area (Å²) in [6.07, 6.45) is 3.68. The number of carbonyl (C=O) groups excluding carboxylic acids is 1. The van der Waals surface area contributed by atoms with Gasteiger partial charge in [-0.05, 0) is 58.5 Å². The molecule has 1 N–H and O–H groups in total. The molecule has 1 aromatic heterocycles. The molecular formula is C17H14IN3O.